The molecule has 5 nitrogen and oxygen atoms in total. The Morgan fingerprint density at radius 3 is 2.53 bits per heavy atom. The standard InChI is InChI=1S/C10H14N2O3/c11-9(10(15)12-5-6-13)7-1-3-8(14)4-2-7/h1-4,9,13-14H,5-6,11H2,(H,12,15)/t9-/m0/s1. The molecule has 15 heavy (non-hydrogen) atoms. The van der Waals surface area contributed by atoms with Crippen LogP contribution in [-0.2, 0) is 4.79 Å². The van der Waals surface area contributed by atoms with Gasteiger partial charge in [-0.3, -0.25) is 4.79 Å². The minimum Gasteiger partial charge on any atom is -0.508 e. The number of carbonyl (C=O) groups is 1. The zero-order valence-corrected chi connectivity index (χ0v) is 8.18. The lowest BCUT2D eigenvalue weighted by atomic mass is 10.1. The van der Waals surface area contributed by atoms with Crippen LogP contribution < -0.4 is 11.1 Å². The van der Waals surface area contributed by atoms with Gasteiger partial charge in [0.25, 0.3) is 0 Å². The summed E-state index contributed by atoms with van der Waals surface area (Å²) in [6.45, 7) is 0.0681. The molecule has 0 spiro atoms. The third-order valence-corrected chi connectivity index (χ3v) is 1.95. The zero-order valence-electron chi connectivity index (χ0n) is 8.18. The van der Waals surface area contributed by atoms with Gasteiger partial charge in [0.15, 0.2) is 0 Å². The first-order chi connectivity index (χ1) is 7.15. The third kappa shape index (κ3) is 3.23. The number of phenols is 1. The van der Waals surface area contributed by atoms with E-state index in [1.165, 1.54) is 12.1 Å². The van der Waals surface area contributed by atoms with Gasteiger partial charge in [0.1, 0.15) is 11.8 Å². The summed E-state index contributed by atoms with van der Waals surface area (Å²) in [4.78, 5) is 11.4. The van der Waals surface area contributed by atoms with Gasteiger partial charge < -0.3 is 21.3 Å². The van der Waals surface area contributed by atoms with Crippen molar-refractivity contribution in [3.05, 3.63) is 29.8 Å². The molecule has 0 unspecified atom stereocenters. The molecule has 0 radical (unpaired) electrons. The smallest absolute Gasteiger partial charge is 0.241 e. The van der Waals surface area contributed by atoms with Crippen LogP contribution in [0.25, 0.3) is 0 Å². The molecule has 82 valence electrons. The Labute approximate surface area is 87.5 Å². The number of benzene rings is 1. The Balaban J connectivity index is 2.63. The summed E-state index contributed by atoms with van der Waals surface area (Å²) in [5.74, 6) is -0.226. The van der Waals surface area contributed by atoms with Crippen molar-refractivity contribution in [2.45, 2.75) is 6.04 Å². The number of carbonyl (C=O) groups excluding carboxylic acids is 1. The Bertz CT molecular complexity index is 324. The maximum atomic E-state index is 11.4. The number of hydrogen-bond acceptors (Lipinski definition) is 4. The summed E-state index contributed by atoms with van der Waals surface area (Å²) >= 11 is 0. The molecule has 0 heterocycles. The number of aliphatic hydroxyl groups excluding tert-OH is 1. The molecule has 0 fully saturated rings. The summed E-state index contributed by atoms with van der Waals surface area (Å²) in [5.41, 5.74) is 6.27. The normalized spacial score (nSPS) is 12.1. The molecule has 1 atom stereocenters. The first-order valence-corrected chi connectivity index (χ1v) is 4.58. The molecule has 0 aliphatic heterocycles. The second kappa shape index (κ2) is 5.33. The van der Waals surface area contributed by atoms with E-state index in [-0.39, 0.29) is 24.8 Å². The van der Waals surface area contributed by atoms with E-state index in [1.54, 1.807) is 12.1 Å². The van der Waals surface area contributed by atoms with Crippen molar-refractivity contribution >= 4 is 5.91 Å². The van der Waals surface area contributed by atoms with E-state index >= 15 is 0 Å². The number of aliphatic hydroxyl groups is 1. The fourth-order valence-corrected chi connectivity index (χ4v) is 1.12. The minimum atomic E-state index is -0.780. The van der Waals surface area contributed by atoms with Crippen LogP contribution in [-0.4, -0.2) is 29.3 Å². The quantitative estimate of drug-likeness (QED) is 0.538. The summed E-state index contributed by atoms with van der Waals surface area (Å²) < 4.78 is 0. The van der Waals surface area contributed by atoms with Gasteiger partial charge in [-0.15, -0.1) is 0 Å². The lowest BCUT2D eigenvalue weighted by Crippen LogP contribution is -2.35. The predicted molar refractivity (Wildman–Crippen MR) is 55.1 cm³/mol. The largest absolute Gasteiger partial charge is 0.508 e. The molecule has 0 aliphatic carbocycles. The van der Waals surface area contributed by atoms with Gasteiger partial charge in [0.05, 0.1) is 6.61 Å². The predicted octanol–water partition coefficient (Wildman–Crippen LogP) is -0.500. The zero-order chi connectivity index (χ0) is 11.3. The highest BCUT2D eigenvalue weighted by Gasteiger charge is 2.14. The highest BCUT2D eigenvalue weighted by molar-refractivity contribution is 5.82. The highest BCUT2D eigenvalue weighted by atomic mass is 16.3. The SMILES string of the molecule is N[C@H](C(=O)NCCO)c1ccc(O)cc1. The summed E-state index contributed by atoms with van der Waals surface area (Å²) in [6, 6.07) is 5.32. The fraction of sp³-hybridized carbons (Fsp3) is 0.300. The number of phenolic OH excluding ortho intramolecular Hbond substituents is 1. The third-order valence-electron chi connectivity index (χ3n) is 1.95. The molecule has 1 amide bonds. The number of amides is 1. The van der Waals surface area contributed by atoms with Crippen LogP contribution in [0.4, 0.5) is 0 Å². The molecular weight excluding hydrogens is 196 g/mol. The van der Waals surface area contributed by atoms with Gasteiger partial charge in [-0.2, -0.15) is 0 Å². The van der Waals surface area contributed by atoms with Gasteiger partial charge in [0.2, 0.25) is 5.91 Å². The van der Waals surface area contributed by atoms with Crippen LogP contribution in [0.1, 0.15) is 11.6 Å². The Morgan fingerprint density at radius 2 is 2.00 bits per heavy atom. The van der Waals surface area contributed by atoms with Crippen LogP contribution >= 0.6 is 0 Å². The van der Waals surface area contributed by atoms with Crippen LogP contribution in [0.15, 0.2) is 24.3 Å². The lowest BCUT2D eigenvalue weighted by Gasteiger charge is -2.11. The molecule has 0 aliphatic rings. The summed E-state index contributed by atoms with van der Waals surface area (Å²) in [6.07, 6.45) is 0. The molecule has 1 aromatic carbocycles. The molecule has 0 aromatic heterocycles. The van der Waals surface area contributed by atoms with E-state index in [0.717, 1.165) is 0 Å². The van der Waals surface area contributed by atoms with Crippen molar-refractivity contribution < 1.29 is 15.0 Å². The Kier molecular flexibility index (Phi) is 4.08. The van der Waals surface area contributed by atoms with Crippen LogP contribution in [0, 0.1) is 0 Å². The number of nitrogens with one attached hydrogen (secondary N) is 1. The molecule has 0 saturated carbocycles. The first kappa shape index (κ1) is 11.5. The topological polar surface area (TPSA) is 95.6 Å². The van der Waals surface area contributed by atoms with Crippen LogP contribution in [0.5, 0.6) is 5.75 Å². The van der Waals surface area contributed by atoms with E-state index in [1.807, 2.05) is 0 Å². The average molecular weight is 210 g/mol. The van der Waals surface area contributed by atoms with Gasteiger partial charge in [-0.25, -0.2) is 0 Å². The van der Waals surface area contributed by atoms with E-state index in [2.05, 4.69) is 5.32 Å². The van der Waals surface area contributed by atoms with Gasteiger partial charge in [-0.1, -0.05) is 12.1 Å². The van der Waals surface area contributed by atoms with E-state index < -0.39 is 6.04 Å². The van der Waals surface area contributed by atoms with Crippen LogP contribution in [0.3, 0.4) is 0 Å². The average Bonchev–Trinajstić information content (AvgIpc) is 2.26. The number of aromatic hydroxyl groups is 1. The Hall–Kier alpha value is -1.59. The van der Waals surface area contributed by atoms with Crippen molar-refractivity contribution in [3.8, 4) is 5.75 Å². The van der Waals surface area contributed by atoms with Gasteiger partial charge >= 0.3 is 0 Å². The van der Waals surface area contributed by atoms with Crippen molar-refractivity contribution in [2.75, 3.05) is 13.2 Å². The molecular formula is C10H14N2O3. The molecule has 1 aromatic rings. The number of hydrogen-bond donors (Lipinski definition) is 4. The van der Waals surface area contributed by atoms with E-state index in [4.69, 9.17) is 15.9 Å². The monoisotopic (exact) mass is 210 g/mol. The molecule has 0 bridgehead atoms. The van der Waals surface area contributed by atoms with Crippen molar-refractivity contribution in [1.82, 2.24) is 5.32 Å². The fourth-order valence-electron chi connectivity index (χ4n) is 1.12. The van der Waals surface area contributed by atoms with Crippen molar-refractivity contribution in [3.63, 3.8) is 0 Å². The minimum absolute atomic E-state index is 0.117. The molecule has 0 saturated heterocycles. The maximum Gasteiger partial charge on any atom is 0.241 e. The second-order valence-corrected chi connectivity index (χ2v) is 3.08. The molecule has 1 rings (SSSR count). The summed E-state index contributed by atoms with van der Waals surface area (Å²) in [5, 5.41) is 20.0. The van der Waals surface area contributed by atoms with Gasteiger partial charge in [0, 0.05) is 6.54 Å². The molecule has 5 heteroatoms. The number of nitrogens with two attached hydrogens (primary N) is 1. The highest BCUT2D eigenvalue weighted by Crippen LogP contribution is 2.14. The molecule has 5 N–H and O–H groups in total. The van der Waals surface area contributed by atoms with E-state index in [9.17, 15) is 4.79 Å². The maximum absolute atomic E-state index is 11.4. The first-order valence-electron chi connectivity index (χ1n) is 4.58. The van der Waals surface area contributed by atoms with E-state index in [0.29, 0.717) is 5.56 Å². The van der Waals surface area contributed by atoms with Crippen LogP contribution in [0.2, 0.25) is 0 Å². The van der Waals surface area contributed by atoms with Crippen molar-refractivity contribution in [2.24, 2.45) is 5.73 Å². The van der Waals surface area contributed by atoms with Crippen molar-refractivity contribution in [1.29, 1.82) is 0 Å². The Morgan fingerprint density at radius 1 is 1.40 bits per heavy atom. The lowest BCUT2D eigenvalue weighted by molar-refractivity contribution is -0.122. The summed E-state index contributed by atoms with van der Waals surface area (Å²) in [7, 11) is 0. The second-order valence-electron chi connectivity index (χ2n) is 3.08. The van der Waals surface area contributed by atoms with Gasteiger partial charge in [-0.05, 0) is 17.7 Å². The number of rotatable bonds is 4.